The highest BCUT2D eigenvalue weighted by Gasteiger charge is 2.06. The van der Waals surface area contributed by atoms with Gasteiger partial charge in [0.05, 0.1) is 0 Å². The molecule has 0 amide bonds. The molecule has 1 aromatic carbocycles. The van der Waals surface area contributed by atoms with Gasteiger partial charge in [-0.2, -0.15) is 0 Å². The minimum Gasteiger partial charge on any atom is -0.487 e. The van der Waals surface area contributed by atoms with Gasteiger partial charge < -0.3 is 4.74 Å². The van der Waals surface area contributed by atoms with Crippen LogP contribution in [0.25, 0.3) is 0 Å². The molecule has 2 aromatic rings. The van der Waals surface area contributed by atoms with Gasteiger partial charge in [-0.3, -0.25) is 4.98 Å². The van der Waals surface area contributed by atoms with E-state index >= 15 is 0 Å². The molecule has 1 heterocycles. The zero-order valence-electron chi connectivity index (χ0n) is 9.28. The predicted octanol–water partition coefficient (Wildman–Crippen LogP) is 3.25. The van der Waals surface area contributed by atoms with Gasteiger partial charge in [0.2, 0.25) is 0 Å². The zero-order chi connectivity index (χ0) is 12.3. The van der Waals surface area contributed by atoms with E-state index < -0.39 is 5.82 Å². The van der Waals surface area contributed by atoms with Crippen LogP contribution in [0.4, 0.5) is 8.78 Å². The Kier molecular flexibility index (Phi) is 3.32. The minimum absolute atomic E-state index is 0.0169. The summed E-state index contributed by atoms with van der Waals surface area (Å²) in [7, 11) is 0. The second-order valence-corrected chi connectivity index (χ2v) is 3.63. The number of pyridine rings is 1. The van der Waals surface area contributed by atoms with Crippen LogP contribution >= 0.6 is 0 Å². The fourth-order valence-corrected chi connectivity index (χ4v) is 1.40. The molecule has 0 aliphatic heterocycles. The smallest absolute Gasteiger partial charge is 0.148 e. The molecule has 0 saturated carbocycles. The zero-order valence-corrected chi connectivity index (χ0v) is 9.28. The lowest BCUT2D eigenvalue weighted by Crippen LogP contribution is -2.02. The minimum atomic E-state index is -0.429. The van der Waals surface area contributed by atoms with Crippen LogP contribution in [0.3, 0.4) is 0 Å². The molecule has 0 spiro atoms. The molecule has 0 atom stereocenters. The first-order valence-corrected chi connectivity index (χ1v) is 5.15. The molecule has 0 fully saturated rings. The summed E-state index contributed by atoms with van der Waals surface area (Å²) in [5.41, 5.74) is 0.999. The third-order valence-electron chi connectivity index (χ3n) is 2.35. The van der Waals surface area contributed by atoms with Gasteiger partial charge in [0.15, 0.2) is 0 Å². The summed E-state index contributed by atoms with van der Waals surface area (Å²) in [5, 5.41) is 0. The fourth-order valence-electron chi connectivity index (χ4n) is 1.40. The van der Waals surface area contributed by atoms with Crippen molar-refractivity contribution in [3.63, 3.8) is 0 Å². The van der Waals surface area contributed by atoms with Crippen LogP contribution in [0.1, 0.15) is 11.3 Å². The van der Waals surface area contributed by atoms with Crippen LogP contribution in [0.15, 0.2) is 36.5 Å². The number of hydrogen-bond donors (Lipinski definition) is 0. The molecule has 0 bridgehead atoms. The summed E-state index contributed by atoms with van der Waals surface area (Å²) in [6, 6.07) is 7.05. The van der Waals surface area contributed by atoms with Gasteiger partial charge in [0.1, 0.15) is 29.7 Å². The number of ether oxygens (including phenoxy) is 1. The highest BCUT2D eigenvalue weighted by Crippen LogP contribution is 2.20. The number of nitrogens with zero attached hydrogens (tertiary/aromatic N) is 1. The van der Waals surface area contributed by atoms with Gasteiger partial charge in [-0.25, -0.2) is 8.78 Å². The Bertz CT molecular complexity index is 529. The van der Waals surface area contributed by atoms with Crippen LogP contribution in [0.5, 0.6) is 5.75 Å². The molecule has 0 aliphatic rings. The lowest BCUT2D eigenvalue weighted by atomic mass is 10.2. The Labute approximate surface area is 97.9 Å². The normalized spacial score (nSPS) is 10.3. The van der Waals surface area contributed by atoms with Gasteiger partial charge in [-0.1, -0.05) is 6.07 Å². The van der Waals surface area contributed by atoms with Crippen LogP contribution in [-0.2, 0) is 6.61 Å². The standard InChI is InChI=1S/C13H11F2NO/c1-9-4-5-10(14)7-13(9)17-8-12-11(15)3-2-6-16-12/h2-7H,8H2,1H3. The van der Waals surface area contributed by atoms with Crippen molar-refractivity contribution < 1.29 is 13.5 Å². The third-order valence-corrected chi connectivity index (χ3v) is 2.35. The highest BCUT2D eigenvalue weighted by atomic mass is 19.1. The summed E-state index contributed by atoms with van der Waals surface area (Å²) in [4.78, 5) is 3.85. The molecule has 17 heavy (non-hydrogen) atoms. The summed E-state index contributed by atoms with van der Waals surface area (Å²) in [5.74, 6) is -0.413. The maximum absolute atomic E-state index is 13.3. The lowest BCUT2D eigenvalue weighted by Gasteiger charge is -2.08. The van der Waals surface area contributed by atoms with E-state index in [0.29, 0.717) is 5.75 Å². The Morgan fingerprint density at radius 3 is 2.82 bits per heavy atom. The molecule has 2 rings (SSSR count). The summed E-state index contributed by atoms with van der Waals surface area (Å²) in [6.07, 6.45) is 1.49. The Morgan fingerprint density at radius 2 is 2.06 bits per heavy atom. The third kappa shape index (κ3) is 2.78. The molecular formula is C13H11F2NO. The summed E-state index contributed by atoms with van der Waals surface area (Å²) < 4.78 is 31.6. The molecule has 0 unspecified atom stereocenters. The lowest BCUT2D eigenvalue weighted by molar-refractivity contribution is 0.290. The van der Waals surface area contributed by atoms with E-state index in [4.69, 9.17) is 4.74 Å². The molecule has 2 nitrogen and oxygen atoms in total. The van der Waals surface area contributed by atoms with Gasteiger partial charge in [0, 0.05) is 12.3 Å². The summed E-state index contributed by atoms with van der Waals surface area (Å²) >= 11 is 0. The number of aromatic nitrogens is 1. The maximum atomic E-state index is 13.3. The molecule has 4 heteroatoms. The first-order valence-electron chi connectivity index (χ1n) is 5.15. The summed E-state index contributed by atoms with van der Waals surface area (Å²) in [6.45, 7) is 1.78. The molecule has 0 radical (unpaired) electrons. The van der Waals surface area contributed by atoms with Gasteiger partial charge in [-0.15, -0.1) is 0 Å². The molecule has 1 aromatic heterocycles. The van der Waals surface area contributed by atoms with E-state index in [9.17, 15) is 8.78 Å². The fraction of sp³-hybridized carbons (Fsp3) is 0.154. The van der Waals surface area contributed by atoms with Crippen molar-refractivity contribution in [1.82, 2.24) is 4.98 Å². The van der Waals surface area contributed by atoms with E-state index in [1.165, 1.54) is 30.5 Å². The second kappa shape index (κ2) is 4.91. The predicted molar refractivity (Wildman–Crippen MR) is 59.7 cm³/mol. The first-order chi connectivity index (χ1) is 8.16. The maximum Gasteiger partial charge on any atom is 0.148 e. The van der Waals surface area contributed by atoms with Crippen molar-refractivity contribution in [2.45, 2.75) is 13.5 Å². The average Bonchev–Trinajstić information content (AvgIpc) is 2.32. The Morgan fingerprint density at radius 1 is 1.24 bits per heavy atom. The second-order valence-electron chi connectivity index (χ2n) is 3.63. The van der Waals surface area contributed by atoms with Crippen LogP contribution in [0.2, 0.25) is 0 Å². The molecule has 0 aliphatic carbocycles. The Hall–Kier alpha value is -1.97. The topological polar surface area (TPSA) is 22.1 Å². The van der Waals surface area contributed by atoms with Crippen molar-refractivity contribution in [1.29, 1.82) is 0 Å². The van der Waals surface area contributed by atoms with Crippen molar-refractivity contribution in [2.24, 2.45) is 0 Å². The van der Waals surface area contributed by atoms with E-state index in [-0.39, 0.29) is 18.1 Å². The molecule has 0 N–H and O–H groups in total. The van der Waals surface area contributed by atoms with Crippen LogP contribution in [0, 0.1) is 18.6 Å². The highest BCUT2D eigenvalue weighted by molar-refractivity contribution is 5.32. The van der Waals surface area contributed by atoms with E-state index in [1.54, 1.807) is 13.0 Å². The van der Waals surface area contributed by atoms with Crippen molar-refractivity contribution in [3.8, 4) is 5.75 Å². The van der Waals surface area contributed by atoms with Gasteiger partial charge in [0.25, 0.3) is 0 Å². The number of hydrogen-bond acceptors (Lipinski definition) is 2. The molecular weight excluding hydrogens is 224 g/mol. The number of rotatable bonds is 3. The van der Waals surface area contributed by atoms with Crippen molar-refractivity contribution in [2.75, 3.05) is 0 Å². The number of halogens is 2. The van der Waals surface area contributed by atoms with E-state index in [2.05, 4.69) is 4.98 Å². The SMILES string of the molecule is Cc1ccc(F)cc1OCc1ncccc1F. The molecule has 88 valence electrons. The van der Waals surface area contributed by atoms with Crippen LogP contribution in [-0.4, -0.2) is 4.98 Å². The van der Waals surface area contributed by atoms with Gasteiger partial charge >= 0.3 is 0 Å². The number of benzene rings is 1. The Balaban J connectivity index is 2.12. The van der Waals surface area contributed by atoms with Crippen molar-refractivity contribution >= 4 is 0 Å². The monoisotopic (exact) mass is 235 g/mol. The van der Waals surface area contributed by atoms with Crippen LogP contribution < -0.4 is 4.74 Å². The number of aryl methyl sites for hydroxylation is 1. The van der Waals surface area contributed by atoms with E-state index in [0.717, 1.165) is 5.56 Å². The largest absolute Gasteiger partial charge is 0.487 e. The van der Waals surface area contributed by atoms with Crippen molar-refractivity contribution in [3.05, 3.63) is 59.4 Å². The van der Waals surface area contributed by atoms with Gasteiger partial charge in [-0.05, 0) is 30.7 Å². The quantitative estimate of drug-likeness (QED) is 0.814. The van der Waals surface area contributed by atoms with E-state index in [1.807, 2.05) is 0 Å². The average molecular weight is 235 g/mol. The molecule has 0 saturated heterocycles. The first kappa shape index (κ1) is 11.5.